The molecule has 0 saturated carbocycles. The van der Waals surface area contributed by atoms with Crippen molar-refractivity contribution >= 4 is 11.7 Å². The van der Waals surface area contributed by atoms with Gasteiger partial charge in [0, 0.05) is 17.8 Å². The van der Waals surface area contributed by atoms with E-state index < -0.39 is 0 Å². The third-order valence-electron chi connectivity index (χ3n) is 2.07. The number of benzene rings is 1. The molecule has 2 aromatic rings. The third-order valence-corrected chi connectivity index (χ3v) is 2.07. The number of hydrogen-bond acceptors (Lipinski definition) is 3. The molecule has 0 saturated heterocycles. The number of ether oxygens (including phenoxy) is 1. The van der Waals surface area contributed by atoms with Gasteiger partial charge in [-0.2, -0.15) is 5.10 Å². The van der Waals surface area contributed by atoms with Crippen LogP contribution in [-0.2, 0) is 0 Å². The Balaban J connectivity index is 2.14. The second-order valence-corrected chi connectivity index (χ2v) is 3.15. The lowest BCUT2D eigenvalue weighted by Crippen LogP contribution is -2.12. The topological polar surface area (TPSA) is 67.0 Å². The molecule has 82 valence electrons. The molecule has 0 fully saturated rings. The van der Waals surface area contributed by atoms with Gasteiger partial charge in [-0.25, -0.2) is 0 Å². The van der Waals surface area contributed by atoms with Crippen LogP contribution in [0.3, 0.4) is 0 Å². The van der Waals surface area contributed by atoms with Crippen molar-refractivity contribution < 1.29 is 9.53 Å². The van der Waals surface area contributed by atoms with E-state index in [1.807, 2.05) is 0 Å². The van der Waals surface area contributed by atoms with Crippen LogP contribution in [0.2, 0.25) is 0 Å². The van der Waals surface area contributed by atoms with Gasteiger partial charge in [-0.15, -0.1) is 0 Å². The number of nitrogens with zero attached hydrogens (tertiary/aromatic N) is 1. The summed E-state index contributed by atoms with van der Waals surface area (Å²) in [6.07, 6.45) is 1.64. The zero-order valence-corrected chi connectivity index (χ0v) is 8.73. The summed E-state index contributed by atoms with van der Waals surface area (Å²) in [4.78, 5) is 11.8. The van der Waals surface area contributed by atoms with Crippen LogP contribution in [0.1, 0.15) is 10.4 Å². The number of rotatable bonds is 3. The molecule has 16 heavy (non-hydrogen) atoms. The molecule has 0 spiro atoms. The first-order chi connectivity index (χ1) is 7.79. The maximum absolute atomic E-state index is 11.8. The quantitative estimate of drug-likeness (QED) is 0.821. The van der Waals surface area contributed by atoms with Crippen molar-refractivity contribution in [1.82, 2.24) is 10.2 Å². The van der Waals surface area contributed by atoms with Gasteiger partial charge in [-0.1, -0.05) is 6.07 Å². The van der Waals surface area contributed by atoms with Crippen LogP contribution in [0.15, 0.2) is 36.5 Å². The van der Waals surface area contributed by atoms with Crippen molar-refractivity contribution in [3.05, 3.63) is 42.1 Å². The smallest absolute Gasteiger partial charge is 0.256 e. The minimum Gasteiger partial charge on any atom is -0.497 e. The summed E-state index contributed by atoms with van der Waals surface area (Å²) in [5.41, 5.74) is 0.530. The highest BCUT2D eigenvalue weighted by Gasteiger charge is 2.07. The van der Waals surface area contributed by atoms with Crippen LogP contribution in [0.4, 0.5) is 5.82 Å². The molecular formula is C11H11N3O2. The second-order valence-electron chi connectivity index (χ2n) is 3.15. The Labute approximate surface area is 92.4 Å². The molecule has 1 aromatic carbocycles. The fourth-order valence-electron chi connectivity index (χ4n) is 1.28. The first-order valence-electron chi connectivity index (χ1n) is 4.75. The van der Waals surface area contributed by atoms with Crippen LogP contribution in [0, 0.1) is 0 Å². The average Bonchev–Trinajstić information content (AvgIpc) is 2.82. The lowest BCUT2D eigenvalue weighted by Gasteiger charge is -2.04. The van der Waals surface area contributed by atoms with Crippen molar-refractivity contribution in [1.29, 1.82) is 0 Å². The van der Waals surface area contributed by atoms with Crippen LogP contribution in [-0.4, -0.2) is 23.2 Å². The van der Waals surface area contributed by atoms with Crippen LogP contribution < -0.4 is 10.1 Å². The molecule has 0 aliphatic carbocycles. The molecule has 0 aliphatic rings. The number of aromatic nitrogens is 2. The Bertz CT molecular complexity index is 480. The van der Waals surface area contributed by atoms with Crippen LogP contribution in [0.25, 0.3) is 0 Å². The Hall–Kier alpha value is -2.30. The van der Waals surface area contributed by atoms with E-state index in [1.54, 1.807) is 43.6 Å². The molecule has 5 nitrogen and oxygen atoms in total. The summed E-state index contributed by atoms with van der Waals surface area (Å²) < 4.78 is 5.04. The van der Waals surface area contributed by atoms with E-state index in [2.05, 4.69) is 15.5 Å². The predicted octanol–water partition coefficient (Wildman–Crippen LogP) is 1.67. The molecule has 5 heteroatoms. The largest absolute Gasteiger partial charge is 0.497 e. The number of carbonyl (C=O) groups excluding carboxylic acids is 1. The maximum atomic E-state index is 11.8. The molecule has 1 heterocycles. The minimum absolute atomic E-state index is 0.217. The monoisotopic (exact) mass is 217 g/mol. The van der Waals surface area contributed by atoms with Gasteiger partial charge in [0.2, 0.25) is 0 Å². The van der Waals surface area contributed by atoms with Gasteiger partial charge in [0.05, 0.1) is 7.11 Å². The van der Waals surface area contributed by atoms with E-state index in [9.17, 15) is 4.79 Å². The number of amides is 1. The summed E-state index contributed by atoms with van der Waals surface area (Å²) in [5.74, 6) is 0.925. The summed E-state index contributed by atoms with van der Waals surface area (Å²) in [5, 5.41) is 9.11. The van der Waals surface area contributed by atoms with Crippen molar-refractivity contribution in [3.8, 4) is 5.75 Å². The molecular weight excluding hydrogens is 206 g/mol. The van der Waals surface area contributed by atoms with Crippen molar-refractivity contribution in [3.63, 3.8) is 0 Å². The molecule has 2 rings (SSSR count). The summed E-state index contributed by atoms with van der Waals surface area (Å²) in [6, 6.07) is 8.61. The van der Waals surface area contributed by atoms with E-state index in [0.717, 1.165) is 0 Å². The lowest BCUT2D eigenvalue weighted by atomic mass is 10.2. The summed E-state index contributed by atoms with van der Waals surface area (Å²) in [6.45, 7) is 0. The molecule has 0 atom stereocenters. The maximum Gasteiger partial charge on any atom is 0.256 e. The number of H-pyrrole nitrogens is 1. The van der Waals surface area contributed by atoms with E-state index in [-0.39, 0.29) is 5.91 Å². The fourth-order valence-corrected chi connectivity index (χ4v) is 1.28. The molecule has 2 N–H and O–H groups in total. The number of aromatic amines is 1. The molecule has 1 amide bonds. The van der Waals surface area contributed by atoms with Gasteiger partial charge in [-0.05, 0) is 18.2 Å². The predicted molar refractivity (Wildman–Crippen MR) is 59.5 cm³/mol. The minimum atomic E-state index is -0.217. The third kappa shape index (κ3) is 2.20. The van der Waals surface area contributed by atoms with Gasteiger partial charge in [-0.3, -0.25) is 9.89 Å². The van der Waals surface area contributed by atoms with Crippen LogP contribution >= 0.6 is 0 Å². The number of anilines is 1. The lowest BCUT2D eigenvalue weighted by molar-refractivity contribution is 0.102. The highest BCUT2D eigenvalue weighted by atomic mass is 16.5. The molecule has 0 bridgehead atoms. The van der Waals surface area contributed by atoms with E-state index in [0.29, 0.717) is 17.1 Å². The summed E-state index contributed by atoms with van der Waals surface area (Å²) >= 11 is 0. The Morgan fingerprint density at radius 3 is 3.00 bits per heavy atom. The van der Waals surface area contributed by atoms with Gasteiger partial charge < -0.3 is 10.1 Å². The zero-order chi connectivity index (χ0) is 11.4. The number of methoxy groups -OCH3 is 1. The SMILES string of the molecule is COc1cccc(C(=O)Nc2cc[nH]n2)c1. The van der Waals surface area contributed by atoms with E-state index in [1.165, 1.54) is 0 Å². The van der Waals surface area contributed by atoms with Gasteiger partial charge in [0.25, 0.3) is 5.91 Å². The zero-order valence-electron chi connectivity index (χ0n) is 8.73. The molecule has 0 unspecified atom stereocenters. The van der Waals surface area contributed by atoms with Gasteiger partial charge in [0.15, 0.2) is 5.82 Å². The Morgan fingerprint density at radius 1 is 1.44 bits per heavy atom. The molecule has 0 radical (unpaired) electrons. The molecule has 0 aliphatic heterocycles. The highest BCUT2D eigenvalue weighted by Crippen LogP contribution is 2.13. The van der Waals surface area contributed by atoms with Crippen LogP contribution in [0.5, 0.6) is 5.75 Å². The average molecular weight is 217 g/mol. The second kappa shape index (κ2) is 4.48. The van der Waals surface area contributed by atoms with E-state index >= 15 is 0 Å². The highest BCUT2D eigenvalue weighted by molar-refractivity contribution is 6.03. The van der Waals surface area contributed by atoms with Gasteiger partial charge >= 0.3 is 0 Å². The Morgan fingerprint density at radius 2 is 2.31 bits per heavy atom. The van der Waals surface area contributed by atoms with Crippen molar-refractivity contribution in [2.75, 3.05) is 12.4 Å². The number of carbonyl (C=O) groups is 1. The number of nitrogens with one attached hydrogen (secondary N) is 2. The van der Waals surface area contributed by atoms with E-state index in [4.69, 9.17) is 4.74 Å². The standard InChI is InChI=1S/C11H11N3O2/c1-16-9-4-2-3-8(7-9)11(15)13-10-5-6-12-14-10/h2-7H,1H3,(H2,12,13,14,15). The fraction of sp³-hybridized carbons (Fsp3) is 0.0909. The summed E-state index contributed by atoms with van der Waals surface area (Å²) in [7, 11) is 1.56. The number of hydrogen-bond donors (Lipinski definition) is 2. The molecule has 1 aromatic heterocycles. The van der Waals surface area contributed by atoms with Gasteiger partial charge in [0.1, 0.15) is 5.75 Å². The Kier molecular flexibility index (Phi) is 2.86. The first kappa shape index (κ1) is 10.2. The first-order valence-corrected chi connectivity index (χ1v) is 4.75. The van der Waals surface area contributed by atoms with Crippen molar-refractivity contribution in [2.45, 2.75) is 0 Å². The van der Waals surface area contributed by atoms with Crippen molar-refractivity contribution in [2.24, 2.45) is 0 Å². The normalized spacial score (nSPS) is 9.81.